The van der Waals surface area contributed by atoms with Gasteiger partial charge in [-0.1, -0.05) is 11.6 Å². The number of nitrogen functional groups attached to an aromatic ring is 1. The third-order valence-corrected chi connectivity index (χ3v) is 2.42. The van der Waals surface area contributed by atoms with E-state index in [1.807, 2.05) is 0 Å². The molecular weight excluding hydrogens is 239 g/mol. The smallest absolute Gasteiger partial charge is 0.225 e. The van der Waals surface area contributed by atoms with Gasteiger partial charge in [-0.2, -0.15) is 0 Å². The van der Waals surface area contributed by atoms with E-state index in [1.54, 1.807) is 0 Å². The van der Waals surface area contributed by atoms with E-state index in [0.717, 1.165) is 0 Å². The fourth-order valence-corrected chi connectivity index (χ4v) is 1.60. The molecule has 1 heterocycles. The number of rotatable bonds is 1. The van der Waals surface area contributed by atoms with E-state index in [4.69, 9.17) is 29.6 Å². The van der Waals surface area contributed by atoms with E-state index in [2.05, 4.69) is 10.2 Å². The van der Waals surface area contributed by atoms with E-state index in [1.165, 1.54) is 22.8 Å². The first kappa shape index (κ1) is 10.1. The Kier molecular flexibility index (Phi) is 2.45. The summed E-state index contributed by atoms with van der Waals surface area (Å²) in [6, 6.07) is 4.19. The second-order valence-electron chi connectivity index (χ2n) is 2.82. The van der Waals surface area contributed by atoms with Gasteiger partial charge in [0.15, 0.2) is 0 Å². The summed E-state index contributed by atoms with van der Waals surface area (Å²) in [5.74, 6) is -0.295. The Morgan fingerprint density at radius 2 is 2.27 bits per heavy atom. The zero-order chi connectivity index (χ0) is 11.0. The fourth-order valence-electron chi connectivity index (χ4n) is 1.18. The van der Waals surface area contributed by atoms with Gasteiger partial charge in [0.1, 0.15) is 5.82 Å². The van der Waals surface area contributed by atoms with Crippen LogP contribution in [0.15, 0.2) is 18.2 Å². The first-order valence-corrected chi connectivity index (χ1v) is 4.76. The number of benzene rings is 1. The van der Waals surface area contributed by atoms with Crippen molar-refractivity contribution in [3.05, 3.63) is 33.8 Å². The number of halogens is 2. The molecule has 4 nitrogen and oxygen atoms in total. The molecule has 0 aliphatic carbocycles. The molecule has 1 aromatic carbocycles. The predicted molar refractivity (Wildman–Crippen MR) is 58.1 cm³/mol. The molecule has 0 aliphatic heterocycles. The van der Waals surface area contributed by atoms with Gasteiger partial charge in [-0.3, -0.25) is 4.57 Å². The van der Waals surface area contributed by atoms with Crippen LogP contribution in [0.3, 0.4) is 0 Å². The highest BCUT2D eigenvalue weighted by Gasteiger charge is 2.07. The summed E-state index contributed by atoms with van der Waals surface area (Å²) >= 11 is 10.6. The van der Waals surface area contributed by atoms with Gasteiger partial charge in [-0.25, -0.2) is 9.49 Å². The van der Waals surface area contributed by atoms with Crippen LogP contribution in [-0.4, -0.2) is 14.8 Å². The minimum atomic E-state index is -0.492. The third kappa shape index (κ3) is 1.73. The Morgan fingerprint density at radius 3 is 2.80 bits per heavy atom. The van der Waals surface area contributed by atoms with Crippen molar-refractivity contribution in [3.8, 4) is 5.69 Å². The number of aromatic nitrogens is 3. The summed E-state index contributed by atoms with van der Waals surface area (Å²) in [5.41, 5.74) is 6.15. The lowest BCUT2D eigenvalue weighted by molar-refractivity contribution is 0.628. The third-order valence-electron chi connectivity index (χ3n) is 1.86. The second kappa shape index (κ2) is 3.63. The van der Waals surface area contributed by atoms with Crippen LogP contribution in [0.1, 0.15) is 0 Å². The van der Waals surface area contributed by atoms with Gasteiger partial charge in [0.05, 0.1) is 10.7 Å². The molecule has 3 N–H and O–H groups in total. The van der Waals surface area contributed by atoms with Crippen molar-refractivity contribution in [1.29, 1.82) is 0 Å². The van der Waals surface area contributed by atoms with Crippen molar-refractivity contribution in [2.24, 2.45) is 0 Å². The molecule has 1 aromatic heterocycles. The average molecular weight is 245 g/mol. The number of nitrogens with zero attached hydrogens (tertiary/aromatic N) is 2. The van der Waals surface area contributed by atoms with Gasteiger partial charge in [-0.05, 0) is 30.4 Å². The quantitative estimate of drug-likeness (QED) is 0.757. The monoisotopic (exact) mass is 244 g/mol. The van der Waals surface area contributed by atoms with Crippen LogP contribution in [0, 0.1) is 10.6 Å². The lowest BCUT2D eigenvalue weighted by atomic mass is 10.3. The van der Waals surface area contributed by atoms with Crippen LogP contribution in [0.5, 0.6) is 0 Å². The largest absolute Gasteiger partial charge is 0.368 e. The number of H-pyrrole nitrogens is 1. The zero-order valence-corrected chi connectivity index (χ0v) is 8.94. The average Bonchev–Trinajstić information content (AvgIpc) is 2.52. The van der Waals surface area contributed by atoms with Gasteiger partial charge in [0.2, 0.25) is 10.7 Å². The van der Waals surface area contributed by atoms with Crippen molar-refractivity contribution in [1.82, 2.24) is 14.8 Å². The Bertz CT molecular complexity index is 562. The number of aromatic amines is 1. The summed E-state index contributed by atoms with van der Waals surface area (Å²) in [5, 5.41) is 6.26. The van der Waals surface area contributed by atoms with Crippen molar-refractivity contribution in [3.63, 3.8) is 0 Å². The highest BCUT2D eigenvalue weighted by molar-refractivity contribution is 7.71. The molecule has 2 aromatic rings. The molecule has 7 heteroatoms. The molecule has 15 heavy (non-hydrogen) atoms. The van der Waals surface area contributed by atoms with Crippen molar-refractivity contribution >= 4 is 29.8 Å². The molecule has 0 aliphatic rings. The normalized spacial score (nSPS) is 10.5. The number of anilines is 1. The highest BCUT2D eigenvalue weighted by Crippen LogP contribution is 2.20. The highest BCUT2D eigenvalue weighted by atomic mass is 35.5. The number of nitrogens with one attached hydrogen (secondary N) is 1. The maximum atomic E-state index is 12.9. The Balaban J connectivity index is 2.65. The first-order chi connectivity index (χ1) is 7.09. The molecule has 0 radical (unpaired) electrons. The Labute approximate surface area is 94.5 Å². The number of hydrogen-bond acceptors (Lipinski definition) is 3. The minimum Gasteiger partial charge on any atom is -0.368 e. The molecule has 0 unspecified atom stereocenters. The predicted octanol–water partition coefficient (Wildman–Crippen LogP) is 2.30. The Morgan fingerprint density at radius 1 is 1.53 bits per heavy atom. The standard InChI is InChI=1S/C8H6ClFN4S/c9-5-3-4(1-2-6(5)10)14-7(11)12-13-8(14)15/h1-3H,(H2,11,12)(H,13,15). The molecule has 0 spiro atoms. The summed E-state index contributed by atoms with van der Waals surface area (Å²) in [6.45, 7) is 0. The summed E-state index contributed by atoms with van der Waals surface area (Å²) < 4.78 is 14.7. The second-order valence-corrected chi connectivity index (χ2v) is 3.61. The maximum Gasteiger partial charge on any atom is 0.225 e. The summed E-state index contributed by atoms with van der Waals surface area (Å²) in [6.07, 6.45) is 0. The molecule has 78 valence electrons. The summed E-state index contributed by atoms with van der Waals surface area (Å²) in [4.78, 5) is 0. The Hall–Kier alpha value is -1.40. The van der Waals surface area contributed by atoms with Crippen LogP contribution in [0.2, 0.25) is 5.02 Å². The SMILES string of the molecule is Nc1n[nH]c(=S)n1-c1ccc(F)c(Cl)c1. The fraction of sp³-hybridized carbons (Fsp3) is 0. The van der Waals surface area contributed by atoms with E-state index in [9.17, 15) is 4.39 Å². The molecule has 2 rings (SSSR count). The van der Waals surface area contributed by atoms with Crippen LogP contribution < -0.4 is 5.73 Å². The van der Waals surface area contributed by atoms with Crippen molar-refractivity contribution in [2.45, 2.75) is 0 Å². The molecule has 0 bridgehead atoms. The van der Waals surface area contributed by atoms with Crippen LogP contribution in [-0.2, 0) is 0 Å². The van der Waals surface area contributed by atoms with Gasteiger partial charge >= 0.3 is 0 Å². The zero-order valence-electron chi connectivity index (χ0n) is 7.37. The van der Waals surface area contributed by atoms with Crippen LogP contribution >= 0.6 is 23.8 Å². The van der Waals surface area contributed by atoms with Crippen LogP contribution in [0.4, 0.5) is 10.3 Å². The number of nitrogens with two attached hydrogens (primary N) is 1. The van der Waals surface area contributed by atoms with E-state index in [0.29, 0.717) is 10.5 Å². The molecule has 0 fully saturated rings. The number of hydrogen-bond donors (Lipinski definition) is 2. The minimum absolute atomic E-state index is 0.00926. The summed E-state index contributed by atoms with van der Waals surface area (Å²) in [7, 11) is 0. The van der Waals surface area contributed by atoms with E-state index >= 15 is 0 Å². The van der Waals surface area contributed by atoms with Crippen molar-refractivity contribution in [2.75, 3.05) is 5.73 Å². The first-order valence-electron chi connectivity index (χ1n) is 3.98. The van der Waals surface area contributed by atoms with E-state index < -0.39 is 5.82 Å². The lowest BCUT2D eigenvalue weighted by Gasteiger charge is -2.04. The molecule has 0 saturated carbocycles. The maximum absolute atomic E-state index is 12.9. The van der Waals surface area contributed by atoms with Gasteiger partial charge in [0, 0.05) is 0 Å². The molecule has 0 atom stereocenters. The van der Waals surface area contributed by atoms with E-state index in [-0.39, 0.29) is 11.0 Å². The lowest BCUT2D eigenvalue weighted by Crippen LogP contribution is -2.00. The molecule has 0 amide bonds. The molecule has 0 saturated heterocycles. The van der Waals surface area contributed by atoms with Crippen molar-refractivity contribution < 1.29 is 4.39 Å². The molecular formula is C8H6ClFN4S. The van der Waals surface area contributed by atoms with Gasteiger partial charge in [0.25, 0.3) is 0 Å². The van der Waals surface area contributed by atoms with Gasteiger partial charge in [-0.15, -0.1) is 5.10 Å². The van der Waals surface area contributed by atoms with Gasteiger partial charge < -0.3 is 5.73 Å². The van der Waals surface area contributed by atoms with Crippen LogP contribution in [0.25, 0.3) is 5.69 Å². The topological polar surface area (TPSA) is 59.6 Å².